The van der Waals surface area contributed by atoms with E-state index in [1.54, 1.807) is 37.6 Å². The minimum absolute atomic E-state index is 0.0285. The van der Waals surface area contributed by atoms with Crippen molar-refractivity contribution in [1.82, 2.24) is 9.66 Å². The molecule has 0 bridgehead atoms. The zero-order chi connectivity index (χ0) is 27.9. The highest BCUT2D eigenvalue weighted by molar-refractivity contribution is 9.10. The molecule has 0 amide bonds. The quantitative estimate of drug-likeness (QED) is 0.152. The molecule has 0 unspecified atom stereocenters. The third kappa shape index (κ3) is 6.10. The lowest BCUT2D eigenvalue weighted by molar-refractivity contribution is 0.281. The van der Waals surface area contributed by atoms with Gasteiger partial charge in [0.2, 0.25) is 0 Å². The lowest BCUT2D eigenvalue weighted by Gasteiger charge is -2.16. The molecule has 0 radical (unpaired) electrons. The van der Waals surface area contributed by atoms with Crippen LogP contribution in [0.25, 0.3) is 10.9 Å². The van der Waals surface area contributed by atoms with E-state index in [1.807, 2.05) is 43.3 Å². The molecular weight excluding hydrogens is 556 g/mol. The summed E-state index contributed by atoms with van der Waals surface area (Å²) in [5.41, 5.74) is 3.32. The summed E-state index contributed by atoms with van der Waals surface area (Å²) in [7, 11) is 1.57. The van der Waals surface area contributed by atoms with Gasteiger partial charge >= 0.3 is 0 Å². The molecule has 0 saturated heterocycles. The third-order valence-corrected chi connectivity index (χ3v) is 6.95. The largest absolute Gasteiger partial charge is 0.493 e. The smallest absolute Gasteiger partial charge is 0.282 e. The Bertz CT molecular complexity index is 1650. The first-order valence-corrected chi connectivity index (χ1v) is 13.4. The Morgan fingerprint density at radius 2 is 2.00 bits per heavy atom. The first-order chi connectivity index (χ1) is 18.9. The summed E-state index contributed by atoms with van der Waals surface area (Å²) in [6, 6.07) is 18.7. The number of methoxy groups -OCH3 is 1. The summed E-state index contributed by atoms with van der Waals surface area (Å²) in [6.45, 7) is 8.17. The average molecular weight is 586 g/mol. The second kappa shape index (κ2) is 12.5. The van der Waals surface area contributed by atoms with Crippen LogP contribution < -0.4 is 15.0 Å². The van der Waals surface area contributed by atoms with Gasteiger partial charge in [0.05, 0.1) is 35.9 Å². The molecule has 4 rings (SSSR count). The Balaban J connectivity index is 1.76. The number of hydrogen-bond donors (Lipinski definition) is 0. The maximum atomic E-state index is 13.5. The average Bonchev–Trinajstić information content (AvgIpc) is 2.95. The minimum Gasteiger partial charge on any atom is -0.493 e. The zero-order valence-electron chi connectivity index (χ0n) is 22.1. The fraction of sp³-hybridized carbons (Fsp3) is 0.226. The Morgan fingerprint density at radius 3 is 2.72 bits per heavy atom. The molecule has 198 valence electrons. The van der Waals surface area contributed by atoms with Gasteiger partial charge in [-0.3, -0.25) is 4.79 Å². The molecule has 1 aromatic heterocycles. The standard InChI is InChI=1S/C31H29BrN4O3/c1-5-9-22-14-21(15-28(38-4)29(22)39-19-24-11-8-7-10-23(24)17-33)18-34-36-30(20(3)6-2)35-27-13-12-25(32)16-26(27)31(36)37/h5,7-8,10-16,18,20H,1,6,9,19H2,2-4H3/t20-/m1/s1. The Labute approximate surface area is 236 Å². The SMILES string of the molecule is C=CCc1cc(C=Nn2c([C@H](C)CC)nc3ccc(Br)cc3c2=O)cc(OC)c1OCc1ccccc1C#N. The maximum absolute atomic E-state index is 13.5. The van der Waals surface area contributed by atoms with Crippen LogP contribution in [0.2, 0.25) is 0 Å². The molecule has 0 aliphatic rings. The number of fused-ring (bicyclic) bond motifs is 1. The Hall–Kier alpha value is -4.22. The number of allylic oxidation sites excluding steroid dienone is 1. The number of nitriles is 1. The fourth-order valence-electron chi connectivity index (χ4n) is 4.19. The summed E-state index contributed by atoms with van der Waals surface area (Å²) in [5, 5.41) is 14.5. The predicted octanol–water partition coefficient (Wildman–Crippen LogP) is 6.74. The van der Waals surface area contributed by atoms with Gasteiger partial charge in [-0.05, 0) is 54.8 Å². The molecule has 0 aliphatic heterocycles. The molecule has 7 nitrogen and oxygen atoms in total. The maximum Gasteiger partial charge on any atom is 0.282 e. The van der Waals surface area contributed by atoms with Gasteiger partial charge in [0.1, 0.15) is 12.4 Å². The van der Waals surface area contributed by atoms with Crippen molar-refractivity contribution in [3.8, 4) is 17.6 Å². The number of aromatic nitrogens is 2. The second-order valence-corrected chi connectivity index (χ2v) is 9.98. The first kappa shape index (κ1) is 27.8. The molecule has 8 heteroatoms. The van der Waals surface area contributed by atoms with E-state index in [9.17, 15) is 10.1 Å². The van der Waals surface area contributed by atoms with Crippen LogP contribution >= 0.6 is 15.9 Å². The molecule has 0 aliphatic carbocycles. The predicted molar refractivity (Wildman–Crippen MR) is 158 cm³/mol. The van der Waals surface area contributed by atoms with Crippen LogP contribution in [0.15, 0.2) is 81.6 Å². The molecule has 0 N–H and O–H groups in total. The molecule has 0 saturated carbocycles. The normalized spacial score (nSPS) is 11.9. The molecular formula is C31H29BrN4O3. The van der Waals surface area contributed by atoms with Gasteiger partial charge in [0.15, 0.2) is 11.5 Å². The van der Waals surface area contributed by atoms with Crippen molar-refractivity contribution in [2.75, 3.05) is 7.11 Å². The van der Waals surface area contributed by atoms with Crippen molar-refractivity contribution in [3.63, 3.8) is 0 Å². The van der Waals surface area contributed by atoms with Crippen molar-refractivity contribution in [2.24, 2.45) is 5.10 Å². The summed E-state index contributed by atoms with van der Waals surface area (Å²) in [6.07, 6.45) is 4.74. The van der Waals surface area contributed by atoms with Crippen molar-refractivity contribution in [1.29, 1.82) is 5.26 Å². The van der Waals surface area contributed by atoms with Crippen LogP contribution in [-0.2, 0) is 13.0 Å². The van der Waals surface area contributed by atoms with Crippen LogP contribution in [0.3, 0.4) is 0 Å². The zero-order valence-corrected chi connectivity index (χ0v) is 23.7. The summed E-state index contributed by atoms with van der Waals surface area (Å²) < 4.78 is 14.0. The lowest BCUT2D eigenvalue weighted by atomic mass is 10.1. The van der Waals surface area contributed by atoms with Gasteiger partial charge in [-0.25, -0.2) is 4.98 Å². The van der Waals surface area contributed by atoms with E-state index >= 15 is 0 Å². The molecule has 4 aromatic rings. The number of ether oxygens (including phenoxy) is 2. The molecule has 0 fully saturated rings. The highest BCUT2D eigenvalue weighted by Gasteiger charge is 2.17. The van der Waals surface area contributed by atoms with Crippen molar-refractivity contribution < 1.29 is 9.47 Å². The van der Waals surface area contributed by atoms with Gasteiger partial charge < -0.3 is 9.47 Å². The van der Waals surface area contributed by atoms with E-state index in [0.29, 0.717) is 40.2 Å². The van der Waals surface area contributed by atoms with Gasteiger partial charge in [-0.15, -0.1) is 6.58 Å². The summed E-state index contributed by atoms with van der Waals surface area (Å²) in [5.74, 6) is 1.71. The molecule has 1 heterocycles. The molecule has 3 aromatic carbocycles. The van der Waals surface area contributed by atoms with E-state index in [0.717, 1.165) is 27.6 Å². The van der Waals surface area contributed by atoms with E-state index < -0.39 is 0 Å². The second-order valence-electron chi connectivity index (χ2n) is 9.06. The minimum atomic E-state index is -0.234. The Morgan fingerprint density at radius 1 is 1.21 bits per heavy atom. The Kier molecular flexibility index (Phi) is 8.95. The van der Waals surface area contributed by atoms with E-state index in [4.69, 9.17) is 14.5 Å². The number of rotatable bonds is 10. The van der Waals surface area contributed by atoms with Gasteiger partial charge in [-0.2, -0.15) is 15.0 Å². The molecule has 1 atom stereocenters. The number of benzene rings is 3. The van der Waals surface area contributed by atoms with Crippen LogP contribution in [0.1, 0.15) is 54.3 Å². The van der Waals surface area contributed by atoms with Crippen LogP contribution in [0.4, 0.5) is 0 Å². The van der Waals surface area contributed by atoms with Crippen molar-refractivity contribution in [2.45, 2.75) is 39.2 Å². The highest BCUT2D eigenvalue weighted by Crippen LogP contribution is 2.34. The number of hydrogen-bond acceptors (Lipinski definition) is 6. The van der Waals surface area contributed by atoms with Crippen molar-refractivity contribution in [3.05, 3.63) is 110 Å². The monoisotopic (exact) mass is 584 g/mol. The van der Waals surface area contributed by atoms with Crippen LogP contribution in [-0.4, -0.2) is 23.0 Å². The lowest BCUT2D eigenvalue weighted by Crippen LogP contribution is -2.23. The van der Waals surface area contributed by atoms with E-state index in [1.165, 1.54) is 4.68 Å². The van der Waals surface area contributed by atoms with E-state index in [-0.39, 0.29) is 18.1 Å². The summed E-state index contributed by atoms with van der Waals surface area (Å²) in [4.78, 5) is 18.2. The summed E-state index contributed by atoms with van der Waals surface area (Å²) >= 11 is 3.44. The topological polar surface area (TPSA) is 89.5 Å². The van der Waals surface area contributed by atoms with Crippen LogP contribution in [0, 0.1) is 11.3 Å². The van der Waals surface area contributed by atoms with Crippen LogP contribution in [0.5, 0.6) is 11.5 Å². The highest BCUT2D eigenvalue weighted by atomic mass is 79.9. The van der Waals surface area contributed by atoms with Gasteiger partial charge in [0.25, 0.3) is 5.56 Å². The third-order valence-electron chi connectivity index (χ3n) is 6.46. The number of nitrogens with zero attached hydrogens (tertiary/aromatic N) is 4. The molecule has 0 spiro atoms. The van der Waals surface area contributed by atoms with E-state index in [2.05, 4.69) is 40.6 Å². The first-order valence-electron chi connectivity index (χ1n) is 12.6. The van der Waals surface area contributed by atoms with Gasteiger partial charge in [0, 0.05) is 21.5 Å². The fourth-order valence-corrected chi connectivity index (χ4v) is 4.55. The van der Waals surface area contributed by atoms with Gasteiger partial charge in [-0.1, -0.05) is 54.1 Å². The molecule has 39 heavy (non-hydrogen) atoms. The number of halogens is 1. The van der Waals surface area contributed by atoms with Crippen molar-refractivity contribution >= 4 is 33.0 Å².